The summed E-state index contributed by atoms with van der Waals surface area (Å²) in [7, 11) is 0. The molecule has 0 radical (unpaired) electrons. The minimum absolute atomic E-state index is 0.0488. The summed E-state index contributed by atoms with van der Waals surface area (Å²) in [4.78, 5) is 26.0. The molecule has 6 heteroatoms. The van der Waals surface area contributed by atoms with Gasteiger partial charge >= 0.3 is 0 Å². The third-order valence-electron chi connectivity index (χ3n) is 3.32. The van der Waals surface area contributed by atoms with E-state index in [0.29, 0.717) is 29.6 Å². The van der Waals surface area contributed by atoms with Crippen molar-refractivity contribution in [2.75, 3.05) is 6.54 Å². The molecule has 4 nitrogen and oxygen atoms in total. The molecule has 0 aliphatic carbocycles. The Morgan fingerprint density at radius 1 is 1.23 bits per heavy atom. The maximum Gasteiger partial charge on any atom is 0.242 e. The van der Waals surface area contributed by atoms with E-state index in [1.54, 1.807) is 24.0 Å². The number of likely N-dealkylation sites (N-methyl/N-ethyl adjacent to an activating group) is 1. The summed E-state index contributed by atoms with van der Waals surface area (Å²) in [5.41, 5.74) is 0.843. The lowest BCUT2D eigenvalue weighted by Gasteiger charge is -2.28. The van der Waals surface area contributed by atoms with Gasteiger partial charge in [0.15, 0.2) is 0 Å². The summed E-state index contributed by atoms with van der Waals surface area (Å²) in [6.45, 7) is 6.38. The molecule has 0 heterocycles. The molecule has 0 saturated heterocycles. The van der Waals surface area contributed by atoms with E-state index < -0.39 is 6.04 Å². The van der Waals surface area contributed by atoms with Gasteiger partial charge in [0.05, 0.1) is 10.0 Å². The van der Waals surface area contributed by atoms with Crippen LogP contribution in [0.15, 0.2) is 18.2 Å². The summed E-state index contributed by atoms with van der Waals surface area (Å²) in [6.07, 6.45) is 1.14. The molecule has 0 aliphatic rings. The van der Waals surface area contributed by atoms with Gasteiger partial charge in [-0.2, -0.15) is 0 Å². The minimum Gasteiger partial charge on any atom is -0.355 e. The van der Waals surface area contributed by atoms with Crippen molar-refractivity contribution in [2.24, 2.45) is 0 Å². The molecule has 1 N–H and O–H groups in total. The average molecular weight is 345 g/mol. The number of rotatable bonds is 7. The molecule has 0 spiro atoms. The first kappa shape index (κ1) is 18.8. The summed E-state index contributed by atoms with van der Waals surface area (Å²) in [5, 5.41) is 3.65. The Balaban J connectivity index is 2.96. The lowest BCUT2D eigenvalue weighted by molar-refractivity contribution is -0.140. The topological polar surface area (TPSA) is 49.4 Å². The molecule has 1 aromatic carbocycles. The Morgan fingerprint density at radius 2 is 1.91 bits per heavy atom. The molecule has 1 unspecified atom stereocenters. The summed E-state index contributed by atoms with van der Waals surface area (Å²) in [5.74, 6) is -0.209. The fourth-order valence-electron chi connectivity index (χ4n) is 2.10. The molecule has 0 aromatic heterocycles. The molecule has 0 bridgehead atoms. The van der Waals surface area contributed by atoms with Gasteiger partial charge < -0.3 is 10.2 Å². The van der Waals surface area contributed by atoms with Crippen molar-refractivity contribution >= 4 is 35.0 Å². The number of carbonyl (C=O) groups excluding carboxylic acids is 2. The number of hydrogen-bond donors (Lipinski definition) is 1. The Labute approximate surface area is 141 Å². The monoisotopic (exact) mass is 344 g/mol. The van der Waals surface area contributed by atoms with Gasteiger partial charge in [0.2, 0.25) is 11.8 Å². The molecule has 1 rings (SSSR count). The third-order valence-corrected chi connectivity index (χ3v) is 4.06. The van der Waals surface area contributed by atoms with Gasteiger partial charge in [0, 0.05) is 19.5 Å². The van der Waals surface area contributed by atoms with E-state index >= 15 is 0 Å². The number of benzene rings is 1. The number of amides is 2. The second-order valence-electron chi connectivity index (χ2n) is 5.09. The quantitative estimate of drug-likeness (QED) is 0.820. The van der Waals surface area contributed by atoms with E-state index in [0.717, 1.165) is 12.0 Å². The van der Waals surface area contributed by atoms with Crippen molar-refractivity contribution in [3.63, 3.8) is 0 Å². The molecule has 1 atom stereocenters. The first-order chi connectivity index (χ1) is 10.4. The molecular formula is C16H22Cl2N2O2. The lowest BCUT2D eigenvalue weighted by Crippen LogP contribution is -2.47. The number of halogens is 2. The predicted octanol–water partition coefficient (Wildman–Crippen LogP) is 3.65. The second kappa shape index (κ2) is 9.01. The highest BCUT2D eigenvalue weighted by molar-refractivity contribution is 6.42. The summed E-state index contributed by atoms with van der Waals surface area (Å²) in [6, 6.07) is 4.69. The van der Waals surface area contributed by atoms with Crippen molar-refractivity contribution in [2.45, 2.75) is 46.2 Å². The average Bonchev–Trinajstić information content (AvgIpc) is 2.48. The Morgan fingerprint density at radius 3 is 2.45 bits per heavy atom. The van der Waals surface area contributed by atoms with E-state index in [9.17, 15) is 9.59 Å². The first-order valence-corrected chi connectivity index (χ1v) is 8.17. The van der Waals surface area contributed by atoms with Gasteiger partial charge in [-0.1, -0.05) is 36.2 Å². The van der Waals surface area contributed by atoms with Crippen molar-refractivity contribution in [3.8, 4) is 0 Å². The van der Waals surface area contributed by atoms with Gasteiger partial charge in [0.25, 0.3) is 0 Å². The number of nitrogens with one attached hydrogen (secondary N) is 1. The molecule has 1 aromatic rings. The van der Waals surface area contributed by atoms with Gasteiger partial charge in [-0.25, -0.2) is 0 Å². The van der Waals surface area contributed by atoms with Gasteiger partial charge in [0.1, 0.15) is 6.04 Å². The maximum atomic E-state index is 12.3. The number of nitrogens with zero attached hydrogens (tertiary/aromatic N) is 1. The van der Waals surface area contributed by atoms with Crippen LogP contribution in [0, 0.1) is 0 Å². The molecule has 2 amide bonds. The highest BCUT2D eigenvalue weighted by Gasteiger charge is 2.25. The van der Waals surface area contributed by atoms with Crippen molar-refractivity contribution < 1.29 is 9.59 Å². The van der Waals surface area contributed by atoms with Crippen LogP contribution in [-0.4, -0.2) is 29.3 Å². The molecule has 0 aliphatic heterocycles. The summed E-state index contributed by atoms with van der Waals surface area (Å²) >= 11 is 11.9. The van der Waals surface area contributed by atoms with Crippen LogP contribution in [0.25, 0.3) is 0 Å². The van der Waals surface area contributed by atoms with Gasteiger partial charge in [-0.15, -0.1) is 0 Å². The van der Waals surface area contributed by atoms with Crippen LogP contribution < -0.4 is 5.32 Å². The summed E-state index contributed by atoms with van der Waals surface area (Å²) < 4.78 is 0. The largest absolute Gasteiger partial charge is 0.355 e. The fourth-order valence-corrected chi connectivity index (χ4v) is 2.42. The fraction of sp³-hybridized carbons (Fsp3) is 0.500. The number of hydrogen-bond acceptors (Lipinski definition) is 2. The maximum absolute atomic E-state index is 12.3. The van der Waals surface area contributed by atoms with Crippen LogP contribution in [0.2, 0.25) is 10.0 Å². The molecule has 122 valence electrons. The van der Waals surface area contributed by atoms with Crippen LogP contribution >= 0.6 is 23.2 Å². The van der Waals surface area contributed by atoms with Crippen molar-refractivity contribution in [3.05, 3.63) is 33.8 Å². The van der Waals surface area contributed by atoms with E-state index in [4.69, 9.17) is 23.2 Å². The molecular weight excluding hydrogens is 323 g/mol. The first-order valence-electron chi connectivity index (χ1n) is 7.41. The second-order valence-corrected chi connectivity index (χ2v) is 5.91. The SMILES string of the molecule is CCCC(=O)N(Cc1ccc(Cl)c(Cl)c1)C(C)C(=O)NCC. The Bertz CT molecular complexity index is 535. The van der Waals surface area contributed by atoms with Gasteiger partial charge in [-0.3, -0.25) is 9.59 Å². The molecule has 0 fully saturated rings. The smallest absolute Gasteiger partial charge is 0.242 e. The van der Waals surface area contributed by atoms with Crippen LogP contribution in [-0.2, 0) is 16.1 Å². The van der Waals surface area contributed by atoms with Gasteiger partial charge in [-0.05, 0) is 38.0 Å². The van der Waals surface area contributed by atoms with E-state index in [1.165, 1.54) is 0 Å². The zero-order valence-corrected chi connectivity index (χ0v) is 14.7. The van der Waals surface area contributed by atoms with E-state index in [1.807, 2.05) is 19.9 Å². The Hall–Kier alpha value is -1.26. The Kier molecular flexibility index (Phi) is 7.69. The zero-order chi connectivity index (χ0) is 16.7. The van der Waals surface area contributed by atoms with Crippen LogP contribution in [0.1, 0.15) is 39.2 Å². The van der Waals surface area contributed by atoms with Crippen LogP contribution in [0.3, 0.4) is 0 Å². The van der Waals surface area contributed by atoms with E-state index in [2.05, 4.69) is 5.32 Å². The standard InChI is InChI=1S/C16H22Cl2N2O2/c1-4-6-15(21)20(11(3)16(22)19-5-2)10-12-7-8-13(17)14(18)9-12/h7-9,11H,4-6,10H2,1-3H3,(H,19,22). The van der Waals surface area contributed by atoms with Crippen LogP contribution in [0.4, 0.5) is 0 Å². The van der Waals surface area contributed by atoms with E-state index in [-0.39, 0.29) is 11.8 Å². The molecule has 22 heavy (non-hydrogen) atoms. The highest BCUT2D eigenvalue weighted by atomic mass is 35.5. The van der Waals surface area contributed by atoms with Crippen LogP contribution in [0.5, 0.6) is 0 Å². The normalized spacial score (nSPS) is 11.9. The minimum atomic E-state index is -0.534. The lowest BCUT2D eigenvalue weighted by atomic mass is 10.1. The zero-order valence-electron chi connectivity index (χ0n) is 13.2. The third kappa shape index (κ3) is 5.18. The van der Waals surface area contributed by atoms with Crippen molar-refractivity contribution in [1.82, 2.24) is 10.2 Å². The van der Waals surface area contributed by atoms with Crippen molar-refractivity contribution in [1.29, 1.82) is 0 Å². The highest BCUT2D eigenvalue weighted by Crippen LogP contribution is 2.24. The number of carbonyl (C=O) groups is 2. The predicted molar refractivity (Wildman–Crippen MR) is 90.1 cm³/mol. The molecule has 0 saturated carbocycles.